The first-order valence-electron chi connectivity index (χ1n) is 6.88. The van der Waals surface area contributed by atoms with E-state index in [0.29, 0.717) is 25.2 Å². The number of nitrogens with zero attached hydrogens (tertiary/aromatic N) is 3. The van der Waals surface area contributed by atoms with Gasteiger partial charge in [0.25, 0.3) is 5.91 Å². The molecule has 2 saturated heterocycles. The van der Waals surface area contributed by atoms with Gasteiger partial charge < -0.3 is 4.90 Å². The van der Waals surface area contributed by atoms with Gasteiger partial charge in [0.2, 0.25) is 0 Å². The molecule has 2 fully saturated rings. The Morgan fingerprint density at radius 2 is 2.15 bits per heavy atom. The summed E-state index contributed by atoms with van der Waals surface area (Å²) in [5.41, 5.74) is 0.159. The standard InChI is InChI=1S/C14H17ClFN3O/c1-18-10-2-3-11(18)8-19(5-4-10)14(20)12-6-9(16)7-17-13(12)15/h6-7,10-11H,2-5,8H2,1H3. The Kier molecular flexibility index (Phi) is 3.65. The highest BCUT2D eigenvalue weighted by molar-refractivity contribution is 6.32. The van der Waals surface area contributed by atoms with Crippen molar-refractivity contribution >= 4 is 17.5 Å². The first kappa shape index (κ1) is 13.8. The Bertz CT molecular complexity index is 539. The summed E-state index contributed by atoms with van der Waals surface area (Å²) in [5, 5.41) is 0.0687. The summed E-state index contributed by atoms with van der Waals surface area (Å²) in [6, 6.07) is 2.12. The number of likely N-dealkylation sites (N-methyl/N-ethyl adjacent to an activating group) is 1. The Hall–Kier alpha value is -1.20. The molecule has 0 radical (unpaired) electrons. The van der Waals surface area contributed by atoms with Gasteiger partial charge >= 0.3 is 0 Å². The fourth-order valence-corrected chi connectivity index (χ4v) is 3.42. The largest absolute Gasteiger partial charge is 0.337 e. The maximum Gasteiger partial charge on any atom is 0.257 e. The number of aromatic nitrogens is 1. The highest BCUT2D eigenvalue weighted by Crippen LogP contribution is 2.29. The molecule has 1 amide bonds. The lowest BCUT2D eigenvalue weighted by molar-refractivity contribution is 0.0739. The average molecular weight is 298 g/mol. The molecule has 0 aromatic carbocycles. The van der Waals surface area contributed by atoms with E-state index in [1.54, 1.807) is 4.90 Å². The molecule has 6 heteroatoms. The summed E-state index contributed by atoms with van der Waals surface area (Å²) in [6.45, 7) is 1.37. The van der Waals surface area contributed by atoms with Crippen LogP contribution in [0.4, 0.5) is 4.39 Å². The minimum atomic E-state index is -0.536. The Balaban J connectivity index is 1.82. The van der Waals surface area contributed by atoms with Crippen molar-refractivity contribution in [2.24, 2.45) is 0 Å². The molecule has 20 heavy (non-hydrogen) atoms. The lowest BCUT2D eigenvalue weighted by Crippen LogP contribution is -2.39. The van der Waals surface area contributed by atoms with Crippen molar-refractivity contribution in [3.63, 3.8) is 0 Å². The third-order valence-corrected chi connectivity index (χ3v) is 4.77. The zero-order valence-electron chi connectivity index (χ0n) is 11.4. The molecule has 0 spiro atoms. The second-order valence-electron chi connectivity index (χ2n) is 5.58. The summed E-state index contributed by atoms with van der Waals surface area (Å²) in [7, 11) is 2.12. The Morgan fingerprint density at radius 1 is 1.40 bits per heavy atom. The number of hydrogen-bond acceptors (Lipinski definition) is 3. The monoisotopic (exact) mass is 297 g/mol. The van der Waals surface area contributed by atoms with Gasteiger partial charge in [0.15, 0.2) is 0 Å². The summed E-state index contributed by atoms with van der Waals surface area (Å²) >= 11 is 5.92. The molecule has 1 aromatic heterocycles. The first-order valence-corrected chi connectivity index (χ1v) is 7.26. The molecular weight excluding hydrogens is 281 g/mol. The molecule has 4 nitrogen and oxygen atoms in total. The average Bonchev–Trinajstić information content (AvgIpc) is 2.65. The molecule has 3 heterocycles. The van der Waals surface area contributed by atoms with Crippen LogP contribution in [0.1, 0.15) is 29.6 Å². The Morgan fingerprint density at radius 3 is 2.95 bits per heavy atom. The topological polar surface area (TPSA) is 36.4 Å². The maximum atomic E-state index is 13.3. The van der Waals surface area contributed by atoms with E-state index in [1.165, 1.54) is 12.5 Å². The van der Waals surface area contributed by atoms with Gasteiger partial charge in [-0.1, -0.05) is 11.6 Å². The number of fused-ring (bicyclic) bond motifs is 2. The van der Waals surface area contributed by atoms with Gasteiger partial charge in [0.05, 0.1) is 11.8 Å². The SMILES string of the molecule is CN1C2CCC1CN(C(=O)c1cc(F)cnc1Cl)CC2. The van der Waals surface area contributed by atoms with Crippen molar-refractivity contribution in [3.05, 3.63) is 28.8 Å². The van der Waals surface area contributed by atoms with Crippen molar-refractivity contribution in [2.45, 2.75) is 31.3 Å². The van der Waals surface area contributed by atoms with Crippen LogP contribution in [0.25, 0.3) is 0 Å². The molecule has 108 valence electrons. The highest BCUT2D eigenvalue weighted by Gasteiger charge is 2.36. The fourth-order valence-electron chi connectivity index (χ4n) is 3.24. The van der Waals surface area contributed by atoms with Crippen molar-refractivity contribution in [2.75, 3.05) is 20.1 Å². The molecule has 3 rings (SSSR count). The van der Waals surface area contributed by atoms with Crippen LogP contribution in [0.2, 0.25) is 5.15 Å². The molecule has 0 N–H and O–H groups in total. The number of pyridine rings is 1. The normalized spacial score (nSPS) is 26.6. The van der Waals surface area contributed by atoms with Crippen LogP contribution in [0.15, 0.2) is 12.3 Å². The molecule has 2 unspecified atom stereocenters. The van der Waals surface area contributed by atoms with E-state index in [2.05, 4.69) is 16.9 Å². The van der Waals surface area contributed by atoms with Gasteiger partial charge in [0, 0.05) is 25.2 Å². The predicted octanol–water partition coefficient (Wildman–Crippen LogP) is 2.18. The van der Waals surface area contributed by atoms with Crippen LogP contribution < -0.4 is 0 Å². The lowest BCUT2D eigenvalue weighted by Gasteiger charge is -2.26. The van der Waals surface area contributed by atoms with Gasteiger partial charge in [-0.05, 0) is 32.4 Å². The maximum absolute atomic E-state index is 13.3. The number of carbonyl (C=O) groups is 1. The van der Waals surface area contributed by atoms with Gasteiger partial charge in [0.1, 0.15) is 11.0 Å². The van der Waals surface area contributed by atoms with E-state index in [4.69, 9.17) is 11.6 Å². The van der Waals surface area contributed by atoms with Gasteiger partial charge in [-0.3, -0.25) is 9.69 Å². The molecule has 2 aliphatic heterocycles. The van der Waals surface area contributed by atoms with Crippen LogP contribution in [-0.4, -0.2) is 52.9 Å². The fraction of sp³-hybridized carbons (Fsp3) is 0.571. The van der Waals surface area contributed by atoms with E-state index >= 15 is 0 Å². The molecule has 2 aliphatic rings. The van der Waals surface area contributed by atoms with E-state index in [9.17, 15) is 9.18 Å². The number of likely N-dealkylation sites (tertiary alicyclic amines) is 1. The molecule has 0 aliphatic carbocycles. The number of amides is 1. The van der Waals surface area contributed by atoms with Crippen LogP contribution >= 0.6 is 11.6 Å². The van der Waals surface area contributed by atoms with Crippen LogP contribution in [0.3, 0.4) is 0 Å². The smallest absolute Gasteiger partial charge is 0.257 e. The molecule has 2 atom stereocenters. The minimum absolute atomic E-state index is 0.0687. The van der Waals surface area contributed by atoms with E-state index in [-0.39, 0.29) is 16.6 Å². The predicted molar refractivity (Wildman–Crippen MR) is 74.3 cm³/mol. The molecule has 2 bridgehead atoms. The van der Waals surface area contributed by atoms with Crippen molar-refractivity contribution in [3.8, 4) is 0 Å². The van der Waals surface area contributed by atoms with Crippen molar-refractivity contribution < 1.29 is 9.18 Å². The van der Waals surface area contributed by atoms with E-state index in [1.807, 2.05) is 0 Å². The van der Waals surface area contributed by atoms with E-state index < -0.39 is 5.82 Å². The minimum Gasteiger partial charge on any atom is -0.337 e. The quantitative estimate of drug-likeness (QED) is 0.746. The third kappa shape index (κ3) is 2.40. The molecule has 0 saturated carbocycles. The number of rotatable bonds is 1. The van der Waals surface area contributed by atoms with E-state index in [0.717, 1.165) is 19.0 Å². The number of hydrogen-bond donors (Lipinski definition) is 0. The van der Waals surface area contributed by atoms with Crippen molar-refractivity contribution in [1.82, 2.24) is 14.8 Å². The third-order valence-electron chi connectivity index (χ3n) is 4.47. The van der Waals surface area contributed by atoms with Gasteiger partial charge in [-0.2, -0.15) is 0 Å². The molecule has 1 aromatic rings. The summed E-state index contributed by atoms with van der Waals surface area (Å²) < 4.78 is 13.3. The zero-order valence-corrected chi connectivity index (χ0v) is 12.1. The van der Waals surface area contributed by atoms with Gasteiger partial charge in [-0.15, -0.1) is 0 Å². The second-order valence-corrected chi connectivity index (χ2v) is 5.94. The van der Waals surface area contributed by atoms with Crippen LogP contribution in [0.5, 0.6) is 0 Å². The number of halogens is 2. The first-order chi connectivity index (χ1) is 9.56. The highest BCUT2D eigenvalue weighted by atomic mass is 35.5. The Labute approximate surface area is 122 Å². The summed E-state index contributed by atoms with van der Waals surface area (Å²) in [4.78, 5) is 20.4. The lowest BCUT2D eigenvalue weighted by atomic mass is 10.1. The van der Waals surface area contributed by atoms with Crippen LogP contribution in [-0.2, 0) is 0 Å². The molecular formula is C14H17ClFN3O. The summed E-state index contributed by atoms with van der Waals surface area (Å²) in [5.74, 6) is -0.755. The summed E-state index contributed by atoms with van der Waals surface area (Å²) in [6.07, 6.45) is 4.29. The van der Waals surface area contributed by atoms with Crippen molar-refractivity contribution in [1.29, 1.82) is 0 Å². The number of carbonyl (C=O) groups excluding carboxylic acids is 1. The van der Waals surface area contributed by atoms with Gasteiger partial charge in [-0.25, -0.2) is 9.37 Å². The second kappa shape index (κ2) is 5.30. The zero-order chi connectivity index (χ0) is 14.3. The van der Waals surface area contributed by atoms with Crippen LogP contribution in [0, 0.1) is 5.82 Å².